The van der Waals surface area contributed by atoms with Crippen molar-refractivity contribution in [1.82, 2.24) is 5.43 Å². The van der Waals surface area contributed by atoms with Gasteiger partial charge < -0.3 is 9.47 Å². The van der Waals surface area contributed by atoms with Crippen LogP contribution in [0.5, 0.6) is 11.5 Å². The predicted molar refractivity (Wildman–Crippen MR) is 111 cm³/mol. The molecule has 3 rings (SSSR count). The Kier molecular flexibility index (Phi) is 6.08. The maximum atomic E-state index is 12.0. The Morgan fingerprint density at radius 2 is 1.85 bits per heavy atom. The van der Waals surface area contributed by atoms with Gasteiger partial charge in [0, 0.05) is 15.4 Å². The van der Waals surface area contributed by atoms with Crippen LogP contribution in [-0.4, -0.2) is 25.8 Å². The van der Waals surface area contributed by atoms with Crippen LogP contribution < -0.4 is 14.9 Å². The van der Waals surface area contributed by atoms with E-state index in [-0.39, 0.29) is 12.5 Å². The maximum Gasteiger partial charge on any atom is 0.277 e. The number of fused-ring (bicyclic) bond motifs is 1. The van der Waals surface area contributed by atoms with Crippen LogP contribution in [0.3, 0.4) is 0 Å². The Morgan fingerprint density at radius 1 is 1.11 bits per heavy atom. The van der Waals surface area contributed by atoms with Crippen LogP contribution in [0.25, 0.3) is 10.8 Å². The predicted octanol–water partition coefficient (Wildman–Crippen LogP) is 4.45. The number of halogens is 1. The summed E-state index contributed by atoms with van der Waals surface area (Å²) in [7, 11) is 1.64. The van der Waals surface area contributed by atoms with Gasteiger partial charge in [-0.25, -0.2) is 5.43 Å². The first-order valence-electron chi connectivity index (χ1n) is 8.35. The SMILES string of the molecule is COc1ccc(/C=N/NC(=O)COc2ccc(Br)cc2C)c2ccccc12. The van der Waals surface area contributed by atoms with Crippen molar-refractivity contribution in [2.75, 3.05) is 13.7 Å². The Morgan fingerprint density at radius 3 is 2.59 bits per heavy atom. The van der Waals surface area contributed by atoms with Crippen molar-refractivity contribution in [3.63, 3.8) is 0 Å². The molecule has 0 fully saturated rings. The van der Waals surface area contributed by atoms with Crippen LogP contribution in [0.1, 0.15) is 11.1 Å². The summed E-state index contributed by atoms with van der Waals surface area (Å²) in [6, 6.07) is 17.3. The molecule has 0 spiro atoms. The molecule has 27 heavy (non-hydrogen) atoms. The molecule has 0 unspecified atom stereocenters. The number of nitrogens with one attached hydrogen (secondary N) is 1. The van der Waals surface area contributed by atoms with E-state index < -0.39 is 0 Å². The molecule has 138 valence electrons. The van der Waals surface area contributed by atoms with Gasteiger partial charge >= 0.3 is 0 Å². The van der Waals surface area contributed by atoms with E-state index in [1.54, 1.807) is 13.3 Å². The standard InChI is InChI=1S/C21H19BrN2O3/c1-14-11-16(22)8-10-19(14)27-13-21(25)24-23-12-15-7-9-20(26-2)18-6-4-3-5-17(15)18/h3-12H,13H2,1-2H3,(H,24,25)/b23-12+. The van der Waals surface area contributed by atoms with Gasteiger partial charge in [-0.05, 0) is 48.2 Å². The molecule has 0 radical (unpaired) electrons. The number of hydrogen-bond acceptors (Lipinski definition) is 4. The van der Waals surface area contributed by atoms with Crippen molar-refractivity contribution in [2.45, 2.75) is 6.92 Å². The van der Waals surface area contributed by atoms with Gasteiger partial charge in [0.25, 0.3) is 5.91 Å². The summed E-state index contributed by atoms with van der Waals surface area (Å²) >= 11 is 3.40. The summed E-state index contributed by atoms with van der Waals surface area (Å²) in [6.07, 6.45) is 1.62. The molecule has 1 N–H and O–H groups in total. The second-order valence-electron chi connectivity index (χ2n) is 5.89. The van der Waals surface area contributed by atoms with Crippen molar-refractivity contribution in [1.29, 1.82) is 0 Å². The number of benzene rings is 3. The van der Waals surface area contributed by atoms with Crippen LogP contribution in [0.2, 0.25) is 0 Å². The zero-order valence-corrected chi connectivity index (χ0v) is 16.6. The zero-order chi connectivity index (χ0) is 19.2. The zero-order valence-electron chi connectivity index (χ0n) is 15.0. The Hall–Kier alpha value is -2.86. The van der Waals surface area contributed by atoms with E-state index in [0.29, 0.717) is 5.75 Å². The number of aryl methyl sites for hydroxylation is 1. The summed E-state index contributed by atoms with van der Waals surface area (Å²) in [6.45, 7) is 1.81. The summed E-state index contributed by atoms with van der Waals surface area (Å²) < 4.78 is 11.9. The van der Waals surface area contributed by atoms with Crippen LogP contribution in [0.4, 0.5) is 0 Å². The van der Waals surface area contributed by atoms with Gasteiger partial charge in [0.05, 0.1) is 13.3 Å². The molecule has 3 aromatic rings. The van der Waals surface area contributed by atoms with Gasteiger partial charge in [-0.2, -0.15) is 5.10 Å². The van der Waals surface area contributed by atoms with Gasteiger partial charge in [-0.3, -0.25) is 4.79 Å². The number of amides is 1. The third-order valence-corrected chi connectivity index (χ3v) is 4.52. The highest BCUT2D eigenvalue weighted by atomic mass is 79.9. The minimum absolute atomic E-state index is 0.108. The van der Waals surface area contributed by atoms with E-state index in [2.05, 4.69) is 26.5 Å². The minimum Gasteiger partial charge on any atom is -0.496 e. The number of methoxy groups -OCH3 is 1. The van der Waals surface area contributed by atoms with Gasteiger partial charge in [0.15, 0.2) is 6.61 Å². The molecular formula is C21H19BrN2O3. The van der Waals surface area contributed by atoms with Crippen molar-refractivity contribution < 1.29 is 14.3 Å². The fourth-order valence-corrected chi connectivity index (χ4v) is 3.19. The van der Waals surface area contributed by atoms with Gasteiger partial charge in [0.2, 0.25) is 0 Å². The molecule has 3 aromatic carbocycles. The monoisotopic (exact) mass is 426 g/mol. The lowest BCUT2D eigenvalue weighted by molar-refractivity contribution is -0.123. The van der Waals surface area contributed by atoms with E-state index in [1.165, 1.54) is 0 Å². The number of nitrogens with zero attached hydrogens (tertiary/aromatic N) is 1. The summed E-state index contributed by atoms with van der Waals surface area (Å²) in [5.41, 5.74) is 4.33. The summed E-state index contributed by atoms with van der Waals surface area (Å²) in [5, 5.41) is 6.03. The second-order valence-corrected chi connectivity index (χ2v) is 6.81. The highest BCUT2D eigenvalue weighted by Gasteiger charge is 2.06. The molecular weight excluding hydrogens is 408 g/mol. The van der Waals surface area contributed by atoms with Crippen LogP contribution in [0, 0.1) is 6.92 Å². The van der Waals surface area contributed by atoms with Gasteiger partial charge in [-0.1, -0.05) is 40.2 Å². The third kappa shape index (κ3) is 4.65. The van der Waals surface area contributed by atoms with Crippen molar-refractivity contribution >= 4 is 38.8 Å². The average Bonchev–Trinajstić information content (AvgIpc) is 2.67. The third-order valence-electron chi connectivity index (χ3n) is 4.03. The molecule has 0 saturated carbocycles. The van der Waals surface area contributed by atoms with E-state index in [9.17, 15) is 4.79 Å². The van der Waals surface area contributed by atoms with Crippen LogP contribution in [0.15, 0.2) is 64.2 Å². The molecule has 1 amide bonds. The largest absolute Gasteiger partial charge is 0.496 e. The summed E-state index contributed by atoms with van der Waals surface area (Å²) in [4.78, 5) is 12.0. The van der Waals surface area contributed by atoms with E-state index in [1.807, 2.05) is 61.5 Å². The quantitative estimate of drug-likeness (QED) is 0.467. The number of carbonyl (C=O) groups is 1. The molecule has 0 saturated heterocycles. The lowest BCUT2D eigenvalue weighted by Gasteiger charge is -2.09. The van der Waals surface area contributed by atoms with Crippen molar-refractivity contribution in [3.8, 4) is 11.5 Å². The molecule has 0 bridgehead atoms. The van der Waals surface area contributed by atoms with Crippen LogP contribution >= 0.6 is 15.9 Å². The second kappa shape index (κ2) is 8.68. The number of carbonyl (C=O) groups excluding carboxylic acids is 1. The van der Waals surface area contributed by atoms with Gasteiger partial charge in [-0.15, -0.1) is 0 Å². The minimum atomic E-state index is -0.327. The van der Waals surface area contributed by atoms with Crippen molar-refractivity contribution in [2.24, 2.45) is 5.10 Å². The molecule has 0 aliphatic carbocycles. The fraction of sp³-hybridized carbons (Fsp3) is 0.143. The van der Waals surface area contributed by atoms with E-state index in [4.69, 9.17) is 9.47 Å². The normalized spacial score (nSPS) is 10.9. The van der Waals surface area contributed by atoms with E-state index >= 15 is 0 Å². The smallest absolute Gasteiger partial charge is 0.277 e. The molecule has 0 aromatic heterocycles. The molecule has 5 nitrogen and oxygen atoms in total. The summed E-state index contributed by atoms with van der Waals surface area (Å²) in [5.74, 6) is 1.13. The maximum absolute atomic E-state index is 12.0. The average molecular weight is 427 g/mol. The molecule has 0 aliphatic rings. The lowest BCUT2D eigenvalue weighted by atomic mass is 10.0. The number of hydrogen-bond donors (Lipinski definition) is 1. The Balaban J connectivity index is 1.64. The molecule has 0 atom stereocenters. The lowest BCUT2D eigenvalue weighted by Crippen LogP contribution is -2.24. The first-order chi connectivity index (χ1) is 13.1. The van der Waals surface area contributed by atoms with Gasteiger partial charge in [0.1, 0.15) is 11.5 Å². The molecule has 0 heterocycles. The van der Waals surface area contributed by atoms with Crippen LogP contribution in [-0.2, 0) is 4.79 Å². The Bertz CT molecular complexity index is 1000. The first kappa shape index (κ1) is 18.9. The van der Waals surface area contributed by atoms with Crippen molar-refractivity contribution in [3.05, 3.63) is 70.2 Å². The fourth-order valence-electron chi connectivity index (χ4n) is 2.71. The number of rotatable bonds is 6. The molecule has 6 heteroatoms. The van der Waals surface area contributed by atoms with E-state index in [0.717, 1.165) is 32.1 Å². The number of ether oxygens (including phenoxy) is 2. The highest BCUT2D eigenvalue weighted by Crippen LogP contribution is 2.27. The number of hydrazone groups is 1. The Labute approximate surface area is 166 Å². The topological polar surface area (TPSA) is 59.9 Å². The first-order valence-corrected chi connectivity index (χ1v) is 9.14. The molecule has 0 aliphatic heterocycles. The highest BCUT2D eigenvalue weighted by molar-refractivity contribution is 9.10.